The normalized spacial score (nSPS) is 12.4. The first-order valence-electron chi connectivity index (χ1n) is 6.39. The molecule has 106 valence electrons. The predicted octanol–water partition coefficient (Wildman–Crippen LogP) is 4.43. The van der Waals surface area contributed by atoms with Crippen molar-refractivity contribution in [2.24, 2.45) is 0 Å². The first-order chi connectivity index (χ1) is 9.52. The van der Waals surface area contributed by atoms with Crippen molar-refractivity contribution in [3.05, 3.63) is 69.7 Å². The summed E-state index contributed by atoms with van der Waals surface area (Å²) in [5, 5.41) is 3.11. The van der Waals surface area contributed by atoms with Crippen LogP contribution in [0.15, 0.2) is 36.4 Å². The topological polar surface area (TPSA) is 12.0 Å². The average molecular weight is 296 g/mol. The van der Waals surface area contributed by atoms with Crippen LogP contribution in [0.1, 0.15) is 22.7 Å². The van der Waals surface area contributed by atoms with Crippen LogP contribution >= 0.6 is 11.6 Å². The third-order valence-electron chi connectivity index (χ3n) is 3.34. The van der Waals surface area contributed by atoms with Gasteiger partial charge in [0.05, 0.1) is 5.02 Å². The molecule has 2 aromatic rings. The number of benzene rings is 2. The second-order valence-corrected chi connectivity index (χ2v) is 5.19. The maximum Gasteiger partial charge on any atom is 0.145 e. The Morgan fingerprint density at radius 1 is 1.20 bits per heavy atom. The smallest absolute Gasteiger partial charge is 0.145 e. The zero-order valence-corrected chi connectivity index (χ0v) is 12.1. The third-order valence-corrected chi connectivity index (χ3v) is 3.63. The molecule has 1 nitrogen and oxygen atoms in total. The molecule has 0 saturated carbocycles. The van der Waals surface area contributed by atoms with Crippen molar-refractivity contribution in [1.82, 2.24) is 5.32 Å². The predicted molar refractivity (Wildman–Crippen MR) is 78.1 cm³/mol. The van der Waals surface area contributed by atoms with Crippen LogP contribution in [0.3, 0.4) is 0 Å². The number of aryl methyl sites for hydroxylation is 1. The fraction of sp³-hybridized carbons (Fsp3) is 0.250. The second-order valence-electron chi connectivity index (χ2n) is 4.78. The number of nitrogens with one attached hydrogen (secondary N) is 1. The highest BCUT2D eigenvalue weighted by Gasteiger charge is 2.17. The minimum absolute atomic E-state index is 0.0849. The molecule has 0 aliphatic carbocycles. The first kappa shape index (κ1) is 14.9. The van der Waals surface area contributed by atoms with Gasteiger partial charge >= 0.3 is 0 Å². The molecule has 0 amide bonds. The van der Waals surface area contributed by atoms with Gasteiger partial charge in [-0.25, -0.2) is 8.78 Å². The molecule has 0 radical (unpaired) electrons. The van der Waals surface area contributed by atoms with E-state index in [1.807, 2.05) is 13.0 Å². The lowest BCUT2D eigenvalue weighted by atomic mass is 9.97. The van der Waals surface area contributed by atoms with Gasteiger partial charge < -0.3 is 5.32 Å². The van der Waals surface area contributed by atoms with Crippen LogP contribution in [-0.2, 0) is 6.42 Å². The van der Waals surface area contributed by atoms with E-state index >= 15 is 0 Å². The summed E-state index contributed by atoms with van der Waals surface area (Å²) in [6.07, 6.45) is 0.336. The second kappa shape index (κ2) is 6.33. The van der Waals surface area contributed by atoms with Gasteiger partial charge in [-0.05, 0) is 43.7 Å². The molecule has 1 unspecified atom stereocenters. The van der Waals surface area contributed by atoms with Crippen molar-refractivity contribution >= 4 is 11.6 Å². The molecule has 0 fully saturated rings. The van der Waals surface area contributed by atoms with Crippen LogP contribution in [-0.4, -0.2) is 7.05 Å². The summed E-state index contributed by atoms with van der Waals surface area (Å²) in [5.41, 5.74) is 1.85. The average Bonchev–Trinajstić information content (AvgIpc) is 2.41. The van der Waals surface area contributed by atoms with Gasteiger partial charge in [0.25, 0.3) is 0 Å². The number of halogens is 3. The van der Waals surface area contributed by atoms with E-state index in [9.17, 15) is 8.78 Å². The van der Waals surface area contributed by atoms with Crippen LogP contribution in [0, 0.1) is 18.6 Å². The quantitative estimate of drug-likeness (QED) is 0.880. The summed E-state index contributed by atoms with van der Waals surface area (Å²) in [6, 6.07) is 9.61. The maximum absolute atomic E-state index is 14.0. The van der Waals surface area contributed by atoms with Crippen LogP contribution in [0.2, 0.25) is 5.02 Å². The monoisotopic (exact) mass is 295 g/mol. The van der Waals surface area contributed by atoms with Crippen molar-refractivity contribution in [2.45, 2.75) is 19.4 Å². The van der Waals surface area contributed by atoms with Crippen molar-refractivity contribution in [3.63, 3.8) is 0 Å². The van der Waals surface area contributed by atoms with Crippen molar-refractivity contribution in [2.75, 3.05) is 7.05 Å². The molecule has 0 spiro atoms. The summed E-state index contributed by atoms with van der Waals surface area (Å²) < 4.78 is 27.9. The maximum atomic E-state index is 14.0. The Morgan fingerprint density at radius 3 is 2.60 bits per heavy atom. The van der Waals surface area contributed by atoms with Crippen LogP contribution < -0.4 is 5.32 Å². The minimum atomic E-state index is -0.443. The Balaban J connectivity index is 2.31. The molecule has 1 atom stereocenters. The van der Waals surface area contributed by atoms with Gasteiger partial charge in [0.15, 0.2) is 0 Å². The summed E-state index contributed by atoms with van der Waals surface area (Å²) in [5.74, 6) is -0.728. The van der Waals surface area contributed by atoms with Crippen LogP contribution in [0.25, 0.3) is 0 Å². The van der Waals surface area contributed by atoms with Gasteiger partial charge in [0.2, 0.25) is 0 Å². The highest BCUT2D eigenvalue weighted by atomic mass is 35.5. The van der Waals surface area contributed by atoms with Crippen LogP contribution in [0.5, 0.6) is 0 Å². The zero-order valence-electron chi connectivity index (χ0n) is 11.4. The largest absolute Gasteiger partial charge is 0.313 e. The highest BCUT2D eigenvalue weighted by molar-refractivity contribution is 6.30. The Bertz CT molecular complexity index is 613. The van der Waals surface area contributed by atoms with E-state index in [0.717, 1.165) is 5.56 Å². The summed E-state index contributed by atoms with van der Waals surface area (Å²) in [6.45, 7) is 1.83. The van der Waals surface area contributed by atoms with Crippen molar-refractivity contribution in [1.29, 1.82) is 0 Å². The highest BCUT2D eigenvalue weighted by Crippen LogP contribution is 2.25. The Labute approximate surface area is 122 Å². The van der Waals surface area contributed by atoms with Crippen molar-refractivity contribution in [3.8, 4) is 0 Å². The summed E-state index contributed by atoms with van der Waals surface area (Å²) in [4.78, 5) is 0. The van der Waals surface area contributed by atoms with E-state index in [2.05, 4.69) is 5.32 Å². The number of likely N-dealkylation sites (N-methyl/N-ethyl adjacent to an activating group) is 1. The molecule has 1 N–H and O–H groups in total. The van der Waals surface area contributed by atoms with E-state index in [0.29, 0.717) is 17.5 Å². The molecule has 0 bridgehead atoms. The number of rotatable bonds is 4. The molecule has 0 aliphatic heterocycles. The van der Waals surface area contributed by atoms with E-state index in [4.69, 9.17) is 11.6 Å². The SMILES string of the molecule is CNC(Cc1cccc(Cl)c1F)c1ccc(C)cc1F. The molecule has 0 aliphatic rings. The van der Waals surface area contributed by atoms with E-state index in [-0.39, 0.29) is 16.9 Å². The van der Waals surface area contributed by atoms with Gasteiger partial charge in [-0.15, -0.1) is 0 Å². The van der Waals surface area contributed by atoms with Gasteiger partial charge in [0, 0.05) is 11.6 Å². The molecule has 0 heterocycles. The molecule has 2 rings (SSSR count). The van der Waals surface area contributed by atoms with Gasteiger partial charge in [-0.1, -0.05) is 35.9 Å². The Morgan fingerprint density at radius 2 is 1.95 bits per heavy atom. The third kappa shape index (κ3) is 3.17. The fourth-order valence-corrected chi connectivity index (χ4v) is 2.40. The lowest BCUT2D eigenvalue weighted by Gasteiger charge is -2.18. The lowest BCUT2D eigenvalue weighted by Crippen LogP contribution is -2.20. The van der Waals surface area contributed by atoms with Crippen molar-refractivity contribution < 1.29 is 8.78 Å². The molecular weight excluding hydrogens is 280 g/mol. The summed E-state index contributed by atoms with van der Waals surface area (Å²) in [7, 11) is 1.73. The van der Waals surface area contributed by atoms with Gasteiger partial charge in [0.1, 0.15) is 11.6 Å². The van der Waals surface area contributed by atoms with E-state index < -0.39 is 5.82 Å². The first-order valence-corrected chi connectivity index (χ1v) is 6.77. The molecule has 0 saturated heterocycles. The summed E-state index contributed by atoms with van der Waals surface area (Å²) >= 11 is 5.77. The number of hydrogen-bond donors (Lipinski definition) is 1. The molecule has 4 heteroatoms. The standard InChI is InChI=1S/C16H16ClF2N/c1-10-6-7-12(14(18)8-10)15(20-2)9-11-4-3-5-13(17)16(11)19/h3-8,15,20H,9H2,1-2H3. The Hall–Kier alpha value is -1.45. The fourth-order valence-electron chi connectivity index (χ4n) is 2.21. The van der Waals surface area contributed by atoms with Crippen LogP contribution in [0.4, 0.5) is 8.78 Å². The molecule has 0 aromatic heterocycles. The minimum Gasteiger partial charge on any atom is -0.313 e. The van der Waals surface area contributed by atoms with Gasteiger partial charge in [-0.2, -0.15) is 0 Å². The van der Waals surface area contributed by atoms with E-state index in [1.54, 1.807) is 25.2 Å². The van der Waals surface area contributed by atoms with E-state index in [1.165, 1.54) is 12.1 Å². The number of hydrogen-bond acceptors (Lipinski definition) is 1. The Kier molecular flexibility index (Phi) is 4.73. The van der Waals surface area contributed by atoms with Gasteiger partial charge in [-0.3, -0.25) is 0 Å². The zero-order chi connectivity index (χ0) is 14.7. The lowest BCUT2D eigenvalue weighted by molar-refractivity contribution is 0.519. The molecule has 2 aromatic carbocycles. The molecular formula is C16H16ClF2N. The molecule has 20 heavy (non-hydrogen) atoms.